The fraction of sp³-hybridized carbons (Fsp3) is 0.516. The average molecular weight is 586 g/mol. The van der Waals surface area contributed by atoms with Crippen molar-refractivity contribution in [3.05, 3.63) is 58.7 Å². The van der Waals surface area contributed by atoms with E-state index in [1.807, 2.05) is 12.1 Å². The number of nitrogens with zero attached hydrogens (tertiary/aromatic N) is 2. The van der Waals surface area contributed by atoms with Gasteiger partial charge in [-0.3, -0.25) is 14.5 Å². The molecule has 1 N–H and O–H groups in total. The van der Waals surface area contributed by atoms with Crippen molar-refractivity contribution in [3.8, 4) is 11.5 Å². The van der Waals surface area contributed by atoms with Gasteiger partial charge in [0.25, 0.3) is 5.91 Å². The lowest BCUT2D eigenvalue weighted by atomic mass is 9.95. The number of fused-ring (bicyclic) bond motifs is 1. The lowest BCUT2D eigenvalue weighted by Gasteiger charge is -2.28. The molecule has 0 unspecified atom stereocenters. The smallest absolute Gasteiger partial charge is 0.410 e. The zero-order valence-corrected chi connectivity index (χ0v) is 24.3. The van der Waals surface area contributed by atoms with Gasteiger partial charge in [0.2, 0.25) is 5.91 Å². The summed E-state index contributed by atoms with van der Waals surface area (Å²) in [6, 6.07) is 9.51. The Bertz CT molecular complexity index is 1360. The van der Waals surface area contributed by atoms with Crippen LogP contribution in [-0.2, 0) is 22.6 Å². The molecule has 2 aromatic rings. The van der Waals surface area contributed by atoms with E-state index in [-0.39, 0.29) is 42.3 Å². The average Bonchev–Trinajstić information content (AvgIpc) is 3.57. The fourth-order valence-corrected chi connectivity index (χ4v) is 5.34. The highest BCUT2D eigenvalue weighted by Crippen LogP contribution is 2.39. The number of hydrogen-bond acceptors (Lipinski definition) is 6. The number of benzene rings is 2. The van der Waals surface area contributed by atoms with E-state index in [2.05, 4.69) is 10.1 Å². The van der Waals surface area contributed by atoms with Gasteiger partial charge in [0.05, 0.1) is 6.61 Å². The minimum atomic E-state index is -2.99. The van der Waals surface area contributed by atoms with E-state index in [0.29, 0.717) is 31.1 Å². The summed E-state index contributed by atoms with van der Waals surface area (Å²) >= 11 is 0. The van der Waals surface area contributed by atoms with Crippen molar-refractivity contribution in [2.45, 2.75) is 77.3 Å². The van der Waals surface area contributed by atoms with Crippen molar-refractivity contribution in [1.82, 2.24) is 15.1 Å². The second-order valence-electron chi connectivity index (χ2n) is 12.3. The normalized spacial score (nSPS) is 20.1. The van der Waals surface area contributed by atoms with Crippen LogP contribution in [0.4, 0.5) is 13.6 Å². The summed E-state index contributed by atoms with van der Waals surface area (Å²) in [5, 5.41) is 2.92. The molecular weight excluding hydrogens is 548 g/mol. The number of carbonyl (C=O) groups excluding carboxylic acids is 3. The second kappa shape index (κ2) is 11.8. The van der Waals surface area contributed by atoms with E-state index >= 15 is 0 Å². The van der Waals surface area contributed by atoms with Crippen molar-refractivity contribution in [3.63, 3.8) is 0 Å². The van der Waals surface area contributed by atoms with Crippen LogP contribution < -0.4 is 14.8 Å². The second-order valence-corrected chi connectivity index (χ2v) is 12.3. The van der Waals surface area contributed by atoms with Gasteiger partial charge in [-0.15, -0.1) is 0 Å². The molecule has 1 aliphatic carbocycles. The van der Waals surface area contributed by atoms with Crippen LogP contribution in [0.25, 0.3) is 0 Å². The number of ether oxygens (including phenoxy) is 3. The molecule has 0 aromatic heterocycles. The Morgan fingerprint density at radius 3 is 2.55 bits per heavy atom. The van der Waals surface area contributed by atoms with Gasteiger partial charge >= 0.3 is 12.7 Å². The summed E-state index contributed by atoms with van der Waals surface area (Å²) in [5.74, 6) is -0.114. The number of hydrogen-bond donors (Lipinski definition) is 1. The molecule has 11 heteroatoms. The lowest BCUT2D eigenvalue weighted by Crippen LogP contribution is -2.47. The highest BCUT2D eigenvalue weighted by Gasteiger charge is 2.42. The molecule has 0 radical (unpaired) electrons. The minimum Gasteiger partial charge on any atom is -0.489 e. The Morgan fingerprint density at radius 2 is 1.86 bits per heavy atom. The summed E-state index contributed by atoms with van der Waals surface area (Å²) in [5.41, 5.74) is 2.32. The van der Waals surface area contributed by atoms with Crippen LogP contribution in [0.3, 0.4) is 0 Å². The predicted molar refractivity (Wildman–Crippen MR) is 149 cm³/mol. The molecular formula is C31H37F2N3O6. The van der Waals surface area contributed by atoms with Gasteiger partial charge in [0.1, 0.15) is 11.6 Å². The van der Waals surface area contributed by atoms with E-state index in [9.17, 15) is 23.2 Å². The van der Waals surface area contributed by atoms with Gasteiger partial charge in [-0.1, -0.05) is 18.2 Å². The van der Waals surface area contributed by atoms with Crippen LogP contribution >= 0.6 is 0 Å². The zero-order chi connectivity index (χ0) is 30.2. The summed E-state index contributed by atoms with van der Waals surface area (Å²) in [6.07, 6.45) is 1.76. The Hall–Kier alpha value is -3.89. The first kappa shape index (κ1) is 29.6. The number of nitrogens with one attached hydrogen (secondary N) is 1. The monoisotopic (exact) mass is 585 g/mol. The molecule has 2 fully saturated rings. The lowest BCUT2D eigenvalue weighted by molar-refractivity contribution is -0.125. The van der Waals surface area contributed by atoms with Crippen molar-refractivity contribution in [2.75, 3.05) is 20.2 Å². The van der Waals surface area contributed by atoms with E-state index in [1.54, 1.807) is 50.9 Å². The molecule has 1 saturated heterocycles. The topological polar surface area (TPSA) is 97.4 Å². The molecule has 2 atom stereocenters. The van der Waals surface area contributed by atoms with Crippen LogP contribution in [0.1, 0.15) is 73.0 Å². The van der Waals surface area contributed by atoms with Crippen LogP contribution in [0.15, 0.2) is 36.4 Å². The fourth-order valence-electron chi connectivity index (χ4n) is 5.34. The summed E-state index contributed by atoms with van der Waals surface area (Å²) in [4.78, 5) is 42.1. The van der Waals surface area contributed by atoms with Gasteiger partial charge in [-0.2, -0.15) is 8.78 Å². The van der Waals surface area contributed by atoms with Gasteiger partial charge in [-0.05, 0) is 80.8 Å². The number of carbonyl (C=O) groups is 3. The molecule has 2 aromatic carbocycles. The van der Waals surface area contributed by atoms with Gasteiger partial charge in [0.15, 0.2) is 11.5 Å². The van der Waals surface area contributed by atoms with Gasteiger partial charge < -0.3 is 24.4 Å². The maximum atomic E-state index is 13.5. The van der Waals surface area contributed by atoms with Crippen molar-refractivity contribution in [1.29, 1.82) is 0 Å². The van der Waals surface area contributed by atoms with Crippen molar-refractivity contribution in [2.24, 2.45) is 5.92 Å². The number of alkyl halides is 2. The zero-order valence-electron chi connectivity index (χ0n) is 24.3. The molecule has 226 valence electrons. The molecule has 42 heavy (non-hydrogen) atoms. The number of amides is 3. The Labute approximate surface area is 244 Å². The van der Waals surface area contributed by atoms with Crippen molar-refractivity contribution < 1.29 is 37.4 Å². The molecule has 0 bridgehead atoms. The van der Waals surface area contributed by atoms with Crippen LogP contribution in [0.5, 0.6) is 11.5 Å². The predicted octanol–water partition coefficient (Wildman–Crippen LogP) is 5.07. The maximum absolute atomic E-state index is 13.5. The number of rotatable bonds is 9. The largest absolute Gasteiger partial charge is 0.489 e. The van der Waals surface area contributed by atoms with Gasteiger partial charge in [0, 0.05) is 38.2 Å². The number of halogens is 2. The first-order valence-corrected chi connectivity index (χ1v) is 14.2. The van der Waals surface area contributed by atoms with E-state index < -0.39 is 24.3 Å². The summed E-state index contributed by atoms with van der Waals surface area (Å²) in [6.45, 7) is 3.62. The molecule has 9 nitrogen and oxygen atoms in total. The van der Waals surface area contributed by atoms with E-state index in [1.165, 1.54) is 11.0 Å². The SMILES string of the molecule is CN1Cc2ccc(CNC(=O)[C@H]3C[C@H](c4ccc(OC(F)F)c(OCC5CC5)c4)CN3C(=O)OC(C)(C)C)cc2C1=O. The third-order valence-corrected chi connectivity index (χ3v) is 7.68. The standard InChI is InChI=1S/C31H37F2N3O6/c1-31(2,3)42-30(39)36-16-22(20-9-10-25(41-29(32)33)26(13-20)40-17-18-5-6-18)12-24(36)27(37)34-14-19-7-8-21-15-35(4)28(38)23(21)11-19/h7-11,13,18,22,24,29H,5-6,12,14-17H2,1-4H3,(H,34,37)/t22-,24+/m0/s1. The molecule has 0 spiro atoms. The minimum absolute atomic E-state index is 0.0512. The molecule has 3 aliphatic rings. The first-order valence-electron chi connectivity index (χ1n) is 14.2. The van der Waals surface area contributed by atoms with Crippen molar-refractivity contribution >= 4 is 17.9 Å². The molecule has 2 heterocycles. The van der Waals surface area contributed by atoms with Crippen LogP contribution in [0, 0.1) is 5.92 Å². The third-order valence-electron chi connectivity index (χ3n) is 7.68. The first-order chi connectivity index (χ1) is 19.9. The van der Waals surface area contributed by atoms with E-state index in [4.69, 9.17) is 9.47 Å². The Morgan fingerprint density at radius 1 is 1.10 bits per heavy atom. The highest BCUT2D eigenvalue weighted by molar-refractivity contribution is 5.98. The maximum Gasteiger partial charge on any atom is 0.410 e. The summed E-state index contributed by atoms with van der Waals surface area (Å²) < 4.78 is 42.2. The number of likely N-dealkylation sites (tertiary alicyclic amines) is 1. The molecule has 1 saturated carbocycles. The van der Waals surface area contributed by atoms with Crippen LogP contribution in [0.2, 0.25) is 0 Å². The molecule has 3 amide bonds. The third kappa shape index (κ3) is 6.94. The Balaban J connectivity index is 1.33. The Kier molecular flexibility index (Phi) is 8.30. The highest BCUT2D eigenvalue weighted by atomic mass is 19.3. The molecule has 2 aliphatic heterocycles. The van der Waals surface area contributed by atoms with Gasteiger partial charge in [-0.25, -0.2) is 4.79 Å². The molecule has 5 rings (SSSR count). The van der Waals surface area contributed by atoms with Crippen LogP contribution in [-0.4, -0.2) is 66.2 Å². The quantitative estimate of drug-likeness (QED) is 0.441. The summed E-state index contributed by atoms with van der Waals surface area (Å²) in [7, 11) is 1.74. The van der Waals surface area contributed by atoms with E-state index in [0.717, 1.165) is 29.5 Å².